The van der Waals surface area contributed by atoms with Crippen LogP contribution in [0.3, 0.4) is 0 Å². The van der Waals surface area contributed by atoms with Crippen LogP contribution >= 0.6 is 23.2 Å². The zero-order valence-corrected chi connectivity index (χ0v) is 12.5. The Morgan fingerprint density at radius 1 is 1.19 bits per heavy atom. The average Bonchev–Trinajstić information content (AvgIpc) is 2.41. The van der Waals surface area contributed by atoms with Gasteiger partial charge in [0.25, 0.3) is 0 Å². The van der Waals surface area contributed by atoms with Crippen LogP contribution in [0.1, 0.15) is 6.92 Å². The molecule has 110 valence electrons. The molecule has 1 N–H and O–H groups in total. The average molecular weight is 329 g/mol. The molecular weight excluding hydrogens is 318 g/mol. The smallest absolute Gasteiger partial charge is 0.344 e. The first kappa shape index (κ1) is 15.6. The van der Waals surface area contributed by atoms with Gasteiger partial charge in [-0.05, 0) is 37.3 Å². The summed E-state index contributed by atoms with van der Waals surface area (Å²) in [5.41, 5.74) is 0.873. The second kappa shape index (κ2) is 6.33. The molecule has 0 aliphatic rings. The van der Waals surface area contributed by atoms with Gasteiger partial charge in [0.05, 0.1) is 5.02 Å². The summed E-state index contributed by atoms with van der Waals surface area (Å²) in [6, 6.07) is 8.55. The Hall–Kier alpha value is -1.78. The van der Waals surface area contributed by atoms with E-state index in [0.717, 1.165) is 0 Å². The molecule has 0 heterocycles. The second-order valence-electron chi connectivity index (χ2n) is 4.36. The molecule has 0 radical (unpaired) electrons. The van der Waals surface area contributed by atoms with Crippen molar-refractivity contribution >= 4 is 29.2 Å². The number of carboxylic acid groups (broad SMARTS) is 1. The van der Waals surface area contributed by atoms with E-state index >= 15 is 0 Å². The number of hydrogen-bond donors (Lipinski definition) is 1. The lowest BCUT2D eigenvalue weighted by Crippen LogP contribution is -2.23. The summed E-state index contributed by atoms with van der Waals surface area (Å²) < 4.78 is 18.8. The normalized spacial score (nSPS) is 12.0. The maximum atomic E-state index is 13.5. The summed E-state index contributed by atoms with van der Waals surface area (Å²) in [7, 11) is 0. The number of benzene rings is 2. The van der Waals surface area contributed by atoms with E-state index in [-0.39, 0.29) is 5.75 Å². The maximum absolute atomic E-state index is 13.5. The standard InChI is InChI=1S/C15H11Cl2FO3/c1-8(15(19)20)21-14-5-3-10(18)7-12(14)11-4-2-9(16)6-13(11)17/h2-8H,1H3,(H,19,20)/t8-/m0/s1. The Morgan fingerprint density at radius 3 is 2.52 bits per heavy atom. The minimum atomic E-state index is -1.12. The first-order valence-corrected chi connectivity index (χ1v) is 6.78. The highest BCUT2D eigenvalue weighted by Gasteiger charge is 2.17. The largest absolute Gasteiger partial charge is 0.479 e. The minimum absolute atomic E-state index is 0.232. The van der Waals surface area contributed by atoms with Gasteiger partial charge in [0.2, 0.25) is 0 Å². The fourth-order valence-corrected chi connectivity index (χ4v) is 2.27. The first-order valence-electron chi connectivity index (χ1n) is 6.03. The van der Waals surface area contributed by atoms with Crippen molar-refractivity contribution in [3.05, 3.63) is 52.3 Å². The Morgan fingerprint density at radius 2 is 1.90 bits per heavy atom. The molecule has 1 atom stereocenters. The monoisotopic (exact) mass is 328 g/mol. The number of carbonyl (C=O) groups is 1. The maximum Gasteiger partial charge on any atom is 0.344 e. The predicted molar refractivity (Wildman–Crippen MR) is 79.6 cm³/mol. The molecule has 21 heavy (non-hydrogen) atoms. The predicted octanol–water partition coefficient (Wildman–Crippen LogP) is 4.65. The zero-order valence-electron chi connectivity index (χ0n) is 10.9. The van der Waals surface area contributed by atoms with Crippen LogP contribution in [0.15, 0.2) is 36.4 Å². The van der Waals surface area contributed by atoms with E-state index in [0.29, 0.717) is 21.2 Å². The third-order valence-corrected chi connectivity index (χ3v) is 3.36. The highest BCUT2D eigenvalue weighted by molar-refractivity contribution is 6.36. The van der Waals surface area contributed by atoms with Gasteiger partial charge in [-0.15, -0.1) is 0 Å². The lowest BCUT2D eigenvalue weighted by atomic mass is 10.0. The Labute approximate surface area is 130 Å². The summed E-state index contributed by atoms with van der Waals surface area (Å²) in [5.74, 6) is -1.37. The zero-order chi connectivity index (χ0) is 15.6. The SMILES string of the molecule is C[C@H](Oc1ccc(F)cc1-c1ccc(Cl)cc1Cl)C(=O)O. The molecule has 2 aromatic rings. The molecule has 0 amide bonds. The molecule has 6 heteroatoms. The molecule has 3 nitrogen and oxygen atoms in total. The van der Waals surface area contributed by atoms with Crippen LogP contribution in [-0.4, -0.2) is 17.2 Å². The van der Waals surface area contributed by atoms with Crippen molar-refractivity contribution < 1.29 is 19.0 Å². The third-order valence-electron chi connectivity index (χ3n) is 2.81. The molecule has 0 fully saturated rings. The van der Waals surface area contributed by atoms with Crippen LogP contribution in [0.5, 0.6) is 5.75 Å². The van der Waals surface area contributed by atoms with Crippen LogP contribution in [0.25, 0.3) is 11.1 Å². The summed E-state index contributed by atoms with van der Waals surface area (Å²) in [6.07, 6.45) is -1.07. The molecule has 0 saturated heterocycles. The molecule has 0 aromatic heterocycles. The second-order valence-corrected chi connectivity index (χ2v) is 5.21. The molecule has 2 rings (SSSR count). The summed E-state index contributed by atoms with van der Waals surface area (Å²) in [5, 5.41) is 9.67. The fourth-order valence-electron chi connectivity index (χ4n) is 1.76. The van der Waals surface area contributed by atoms with Crippen molar-refractivity contribution in [3.8, 4) is 16.9 Å². The molecule has 0 saturated carbocycles. The third kappa shape index (κ3) is 3.65. The van der Waals surface area contributed by atoms with E-state index < -0.39 is 17.9 Å². The summed E-state index contributed by atoms with van der Waals surface area (Å²) >= 11 is 11.9. The van der Waals surface area contributed by atoms with E-state index in [1.54, 1.807) is 12.1 Å². The number of halogens is 3. The van der Waals surface area contributed by atoms with Crippen molar-refractivity contribution in [1.29, 1.82) is 0 Å². The summed E-state index contributed by atoms with van der Waals surface area (Å²) in [4.78, 5) is 10.9. The molecule has 0 aliphatic heterocycles. The van der Waals surface area contributed by atoms with Crippen LogP contribution in [0, 0.1) is 5.82 Å². The number of carboxylic acids is 1. The highest BCUT2D eigenvalue weighted by Crippen LogP contribution is 2.37. The van der Waals surface area contributed by atoms with Gasteiger partial charge in [-0.1, -0.05) is 29.3 Å². The van der Waals surface area contributed by atoms with Crippen LogP contribution in [-0.2, 0) is 4.79 Å². The Kier molecular flexibility index (Phi) is 4.70. The number of hydrogen-bond acceptors (Lipinski definition) is 2. The Balaban J connectivity index is 2.51. The lowest BCUT2D eigenvalue weighted by molar-refractivity contribution is -0.144. The van der Waals surface area contributed by atoms with Crippen LogP contribution in [0.2, 0.25) is 10.0 Å². The van der Waals surface area contributed by atoms with E-state index in [2.05, 4.69) is 0 Å². The Bertz CT molecular complexity index is 689. The number of aliphatic carboxylic acids is 1. The fraction of sp³-hybridized carbons (Fsp3) is 0.133. The molecular formula is C15H11Cl2FO3. The quantitative estimate of drug-likeness (QED) is 0.888. The molecule has 0 aliphatic carbocycles. The van der Waals surface area contributed by atoms with E-state index in [1.807, 2.05) is 0 Å². The number of ether oxygens (including phenoxy) is 1. The van der Waals surface area contributed by atoms with Gasteiger partial charge < -0.3 is 9.84 Å². The van der Waals surface area contributed by atoms with Crippen LogP contribution in [0.4, 0.5) is 4.39 Å². The van der Waals surface area contributed by atoms with Gasteiger partial charge in [-0.3, -0.25) is 0 Å². The first-order chi connectivity index (χ1) is 9.88. The van der Waals surface area contributed by atoms with Gasteiger partial charge in [0.1, 0.15) is 11.6 Å². The molecule has 0 spiro atoms. The van der Waals surface area contributed by atoms with Gasteiger partial charge in [-0.2, -0.15) is 0 Å². The summed E-state index contributed by atoms with van der Waals surface area (Å²) in [6.45, 7) is 1.39. The topological polar surface area (TPSA) is 46.5 Å². The van der Waals surface area contributed by atoms with Crippen molar-refractivity contribution in [2.75, 3.05) is 0 Å². The molecule has 2 aromatic carbocycles. The lowest BCUT2D eigenvalue weighted by Gasteiger charge is -2.15. The van der Waals surface area contributed by atoms with Crippen LogP contribution < -0.4 is 4.74 Å². The van der Waals surface area contributed by atoms with E-state index in [9.17, 15) is 9.18 Å². The van der Waals surface area contributed by atoms with E-state index in [1.165, 1.54) is 31.2 Å². The molecule has 0 unspecified atom stereocenters. The van der Waals surface area contributed by atoms with Crippen molar-refractivity contribution in [2.24, 2.45) is 0 Å². The highest BCUT2D eigenvalue weighted by atomic mass is 35.5. The number of rotatable bonds is 4. The minimum Gasteiger partial charge on any atom is -0.479 e. The van der Waals surface area contributed by atoms with Crippen molar-refractivity contribution in [2.45, 2.75) is 13.0 Å². The molecule has 0 bridgehead atoms. The van der Waals surface area contributed by atoms with Crippen molar-refractivity contribution in [3.63, 3.8) is 0 Å². The van der Waals surface area contributed by atoms with Gasteiger partial charge >= 0.3 is 5.97 Å². The van der Waals surface area contributed by atoms with Crippen molar-refractivity contribution in [1.82, 2.24) is 0 Å². The van der Waals surface area contributed by atoms with Gasteiger partial charge in [-0.25, -0.2) is 9.18 Å². The van der Waals surface area contributed by atoms with Gasteiger partial charge in [0.15, 0.2) is 6.10 Å². The van der Waals surface area contributed by atoms with Gasteiger partial charge in [0, 0.05) is 16.1 Å². The van der Waals surface area contributed by atoms with E-state index in [4.69, 9.17) is 33.0 Å².